The highest BCUT2D eigenvalue weighted by atomic mass is 16.4. The molecule has 0 unspecified atom stereocenters. The number of carbonyl (C=O) groups is 1. The van der Waals surface area contributed by atoms with Gasteiger partial charge in [-0.25, -0.2) is 0 Å². The van der Waals surface area contributed by atoms with E-state index < -0.39 is 12.0 Å². The Bertz CT molecular complexity index is 166. The molecule has 0 spiro atoms. The van der Waals surface area contributed by atoms with Crippen molar-refractivity contribution in [3.63, 3.8) is 0 Å². The number of carboxylic acid groups (broad SMARTS) is 1. The predicted octanol–water partition coefficient (Wildman–Crippen LogP) is 0.993. The Balaban J connectivity index is 2.31. The first-order chi connectivity index (χ1) is 5.62. The smallest absolute Gasteiger partial charge is 0.317 e. The molecule has 1 saturated carbocycles. The lowest BCUT2D eigenvalue weighted by atomic mass is 9.96. The Labute approximate surface area is 68.2 Å². The highest BCUT2D eigenvalue weighted by molar-refractivity contribution is 5.69. The van der Waals surface area contributed by atoms with Gasteiger partial charge in [-0.3, -0.25) is 4.79 Å². The highest BCUT2D eigenvalue weighted by Crippen LogP contribution is 2.16. The second-order valence-electron chi connectivity index (χ2n) is 2.91. The summed E-state index contributed by atoms with van der Waals surface area (Å²) in [5.74, 6) is -0.882. The van der Waals surface area contributed by atoms with Crippen LogP contribution in [0.4, 0.5) is 0 Å². The Morgan fingerprint density at radius 3 is 2.73 bits per heavy atom. The zero-order valence-corrected chi connectivity index (χ0v) is 6.60. The normalized spacial score (nSPS) is 24.2. The van der Waals surface area contributed by atoms with Crippen LogP contribution < -0.4 is 5.32 Å². The summed E-state index contributed by atoms with van der Waals surface area (Å²) < 4.78 is 7.84. The first kappa shape index (κ1) is 7.10. The predicted molar refractivity (Wildman–Crippen MR) is 42.5 cm³/mol. The van der Waals surface area contributed by atoms with Crippen molar-refractivity contribution in [2.75, 3.05) is 6.54 Å². The molecule has 0 aromatic rings. The van der Waals surface area contributed by atoms with E-state index in [0.29, 0.717) is 0 Å². The maximum Gasteiger partial charge on any atom is 0.317 e. The molecule has 0 aromatic carbocycles. The van der Waals surface area contributed by atoms with Crippen molar-refractivity contribution < 1.29 is 11.3 Å². The third kappa shape index (κ3) is 3.37. The quantitative estimate of drug-likeness (QED) is 0.644. The van der Waals surface area contributed by atoms with Gasteiger partial charge in [-0.2, -0.15) is 0 Å². The van der Waals surface area contributed by atoms with Crippen LogP contribution in [-0.4, -0.2) is 23.6 Å². The highest BCUT2D eigenvalue weighted by Gasteiger charge is 2.12. The van der Waals surface area contributed by atoms with Crippen LogP contribution in [0.1, 0.15) is 33.5 Å². The monoisotopic (exact) mass is 158 g/mol. The summed E-state index contributed by atoms with van der Waals surface area (Å²) in [6.07, 6.45) is 4.81. The molecule has 1 aliphatic carbocycles. The van der Waals surface area contributed by atoms with Crippen molar-refractivity contribution in [3.05, 3.63) is 0 Å². The molecule has 3 nitrogen and oxygen atoms in total. The summed E-state index contributed by atoms with van der Waals surface area (Å²) in [4.78, 5) is 10.2. The average Bonchev–Trinajstić information content (AvgIpc) is 2.03. The molecule has 0 heterocycles. The molecule has 11 heavy (non-hydrogen) atoms. The van der Waals surface area contributed by atoms with Crippen molar-refractivity contribution in [2.45, 2.75) is 38.1 Å². The minimum Gasteiger partial charge on any atom is -0.480 e. The van der Waals surface area contributed by atoms with E-state index in [9.17, 15) is 4.79 Å². The van der Waals surface area contributed by atoms with E-state index in [1.165, 1.54) is 6.42 Å². The molecule has 0 amide bonds. The van der Waals surface area contributed by atoms with E-state index in [-0.39, 0.29) is 6.54 Å². The van der Waals surface area contributed by atoms with Gasteiger partial charge >= 0.3 is 5.97 Å². The molecule has 0 bridgehead atoms. The van der Waals surface area contributed by atoms with Crippen LogP contribution in [0.25, 0.3) is 0 Å². The van der Waals surface area contributed by atoms with Gasteiger partial charge in [0, 0.05) is 7.39 Å². The standard InChI is InChI=1S/C8H15NO2/c10-8(11)6-9-7-4-2-1-3-5-7/h7,9H,1-6H2,(H,10,11)/i7D. The van der Waals surface area contributed by atoms with Gasteiger partial charge < -0.3 is 10.4 Å². The van der Waals surface area contributed by atoms with Gasteiger partial charge in [0.1, 0.15) is 0 Å². The second kappa shape index (κ2) is 4.34. The number of carboxylic acids is 1. The number of rotatable bonds is 3. The van der Waals surface area contributed by atoms with Gasteiger partial charge in [0.25, 0.3) is 0 Å². The molecule has 0 radical (unpaired) electrons. The zero-order chi connectivity index (χ0) is 9.03. The Hall–Kier alpha value is -0.570. The first-order valence-electron chi connectivity index (χ1n) is 4.59. The minimum absolute atomic E-state index is 0.0938. The van der Waals surface area contributed by atoms with Crippen LogP contribution in [0.3, 0.4) is 0 Å². The van der Waals surface area contributed by atoms with E-state index in [0.717, 1.165) is 25.7 Å². The van der Waals surface area contributed by atoms with Crippen molar-refractivity contribution in [1.29, 1.82) is 0 Å². The summed E-state index contributed by atoms with van der Waals surface area (Å²) in [5, 5.41) is 11.2. The SMILES string of the molecule is [2H]C1(NCC(=O)O)CCCCC1. The van der Waals surface area contributed by atoms with Gasteiger partial charge in [0.2, 0.25) is 0 Å². The summed E-state index contributed by atoms with van der Waals surface area (Å²) >= 11 is 0. The number of hydrogen-bond donors (Lipinski definition) is 2. The van der Waals surface area contributed by atoms with Gasteiger partial charge in [0.15, 0.2) is 0 Å². The van der Waals surface area contributed by atoms with Crippen molar-refractivity contribution >= 4 is 5.97 Å². The lowest BCUT2D eigenvalue weighted by Gasteiger charge is -2.21. The molecule has 64 valence electrons. The molecule has 1 fully saturated rings. The molecule has 0 aromatic heterocycles. The fourth-order valence-corrected chi connectivity index (χ4v) is 1.36. The van der Waals surface area contributed by atoms with Gasteiger partial charge in [-0.1, -0.05) is 19.3 Å². The van der Waals surface area contributed by atoms with Crippen molar-refractivity contribution in [2.24, 2.45) is 0 Å². The van der Waals surface area contributed by atoms with Crippen LogP contribution in [0.15, 0.2) is 0 Å². The molecule has 0 aliphatic heterocycles. The fourth-order valence-electron chi connectivity index (χ4n) is 1.36. The van der Waals surface area contributed by atoms with Crippen LogP contribution in [0, 0.1) is 0 Å². The van der Waals surface area contributed by atoms with E-state index in [1.54, 1.807) is 0 Å². The largest absolute Gasteiger partial charge is 0.480 e. The summed E-state index contributed by atoms with van der Waals surface area (Å²) in [6, 6.07) is -0.670. The number of aliphatic carboxylic acids is 1. The van der Waals surface area contributed by atoms with E-state index >= 15 is 0 Å². The third-order valence-electron chi connectivity index (χ3n) is 1.95. The van der Waals surface area contributed by atoms with Gasteiger partial charge in [-0.15, -0.1) is 0 Å². The maximum atomic E-state index is 10.2. The Morgan fingerprint density at radius 2 is 2.18 bits per heavy atom. The van der Waals surface area contributed by atoms with E-state index in [1.807, 2.05) is 0 Å². The van der Waals surface area contributed by atoms with Crippen LogP contribution in [0.2, 0.25) is 0 Å². The minimum atomic E-state index is -0.882. The van der Waals surface area contributed by atoms with Crippen LogP contribution in [-0.2, 0) is 4.79 Å². The molecule has 1 aliphatic rings. The molecule has 0 saturated heterocycles. The molecule has 3 heteroatoms. The Kier molecular flexibility index (Phi) is 2.80. The van der Waals surface area contributed by atoms with E-state index in [2.05, 4.69) is 5.32 Å². The van der Waals surface area contributed by atoms with E-state index in [4.69, 9.17) is 6.48 Å². The summed E-state index contributed by atoms with van der Waals surface area (Å²) in [7, 11) is 0. The first-order valence-corrected chi connectivity index (χ1v) is 4.09. The molecule has 0 atom stereocenters. The van der Waals surface area contributed by atoms with Crippen molar-refractivity contribution in [3.8, 4) is 0 Å². The third-order valence-corrected chi connectivity index (χ3v) is 1.95. The zero-order valence-electron chi connectivity index (χ0n) is 7.60. The molecule has 2 N–H and O–H groups in total. The Morgan fingerprint density at radius 1 is 1.55 bits per heavy atom. The topological polar surface area (TPSA) is 49.3 Å². The lowest BCUT2D eigenvalue weighted by Crippen LogP contribution is -2.34. The fraction of sp³-hybridized carbons (Fsp3) is 0.875. The number of hydrogen-bond acceptors (Lipinski definition) is 2. The van der Waals surface area contributed by atoms with Gasteiger partial charge in [-0.05, 0) is 12.8 Å². The lowest BCUT2D eigenvalue weighted by molar-refractivity contribution is -0.136. The van der Waals surface area contributed by atoms with Crippen LogP contribution >= 0.6 is 0 Å². The molecular weight excluding hydrogens is 142 g/mol. The van der Waals surface area contributed by atoms with Gasteiger partial charge in [0.05, 0.1) is 6.54 Å². The summed E-state index contributed by atoms with van der Waals surface area (Å²) in [5.41, 5.74) is 0. The average molecular weight is 158 g/mol. The molecule has 1 rings (SSSR count). The maximum absolute atomic E-state index is 10.2. The number of nitrogens with one attached hydrogen (secondary N) is 1. The second-order valence-corrected chi connectivity index (χ2v) is 2.91. The van der Waals surface area contributed by atoms with Crippen LogP contribution in [0.5, 0.6) is 0 Å². The van der Waals surface area contributed by atoms with Crippen molar-refractivity contribution in [1.82, 2.24) is 5.32 Å². The molecular formula is C8H15NO2. The summed E-state index contributed by atoms with van der Waals surface area (Å²) in [6.45, 7) is -0.0938.